The first kappa shape index (κ1) is 19.0. The second-order valence-electron chi connectivity index (χ2n) is 8.97. The normalized spacial score (nSPS) is 32.6. The molecule has 1 aromatic carbocycles. The van der Waals surface area contributed by atoms with E-state index in [1.165, 1.54) is 7.11 Å². The Bertz CT molecular complexity index is 803. The molecule has 6 nitrogen and oxygen atoms in total. The monoisotopic (exact) mass is 385 g/mol. The molecule has 4 saturated carbocycles. The Labute approximate surface area is 165 Å². The molecule has 4 aliphatic rings. The Morgan fingerprint density at radius 2 is 1.86 bits per heavy atom. The van der Waals surface area contributed by atoms with Crippen LogP contribution in [0.5, 0.6) is 0 Å². The number of nitrogens with one attached hydrogen (secondary N) is 1. The fourth-order valence-corrected chi connectivity index (χ4v) is 6.23. The van der Waals surface area contributed by atoms with Crippen LogP contribution in [0, 0.1) is 17.3 Å². The topological polar surface area (TPSA) is 81.7 Å². The number of hydrogen-bond donors (Lipinski definition) is 1. The van der Waals surface area contributed by atoms with Gasteiger partial charge in [-0.25, -0.2) is 4.79 Å². The van der Waals surface area contributed by atoms with Crippen molar-refractivity contribution in [1.82, 2.24) is 5.32 Å². The Balaban J connectivity index is 1.48. The van der Waals surface area contributed by atoms with Gasteiger partial charge in [-0.1, -0.05) is 12.1 Å². The lowest BCUT2D eigenvalue weighted by atomic mass is 9.47. The highest BCUT2D eigenvalue weighted by atomic mass is 16.5. The molecule has 4 fully saturated rings. The second-order valence-corrected chi connectivity index (χ2v) is 8.97. The van der Waals surface area contributed by atoms with E-state index in [1.807, 2.05) is 6.07 Å². The fraction of sp³-hybridized carbons (Fsp3) is 0.591. The largest absolute Gasteiger partial charge is 0.465 e. The summed E-state index contributed by atoms with van der Waals surface area (Å²) in [7, 11) is 1.34. The van der Waals surface area contributed by atoms with Gasteiger partial charge in [-0.05, 0) is 68.1 Å². The second kappa shape index (κ2) is 6.90. The molecule has 6 heteroatoms. The average Bonchev–Trinajstić information content (AvgIpc) is 2.63. The summed E-state index contributed by atoms with van der Waals surface area (Å²) in [6, 6.07) is 6.95. The van der Waals surface area contributed by atoms with Gasteiger partial charge in [-0.15, -0.1) is 0 Å². The molecule has 2 unspecified atom stereocenters. The molecule has 0 spiro atoms. The summed E-state index contributed by atoms with van der Waals surface area (Å²) in [4.78, 5) is 36.6. The molecular formula is C22H27NO5. The summed E-state index contributed by atoms with van der Waals surface area (Å²) in [6.07, 6.45) is 5.47. The van der Waals surface area contributed by atoms with E-state index in [1.54, 1.807) is 25.1 Å². The summed E-state index contributed by atoms with van der Waals surface area (Å²) in [5.41, 5.74) is 0.458. The van der Waals surface area contributed by atoms with Crippen molar-refractivity contribution < 1.29 is 23.9 Å². The number of esters is 2. The SMILES string of the molecule is COC(=O)c1cccc(COC(=O)C23CC4CC(CC(NC(C)=O)(C4)C2)C3)c1. The predicted octanol–water partition coefficient (Wildman–Crippen LogP) is 2.99. The quantitative estimate of drug-likeness (QED) is 0.788. The molecule has 150 valence electrons. The fourth-order valence-electron chi connectivity index (χ4n) is 6.23. The highest BCUT2D eigenvalue weighted by molar-refractivity contribution is 5.89. The number of carbonyl (C=O) groups excluding carboxylic acids is 3. The van der Waals surface area contributed by atoms with Crippen LogP contribution in [0.2, 0.25) is 0 Å². The first-order valence-electron chi connectivity index (χ1n) is 9.96. The van der Waals surface area contributed by atoms with Crippen LogP contribution < -0.4 is 5.32 Å². The van der Waals surface area contributed by atoms with E-state index in [4.69, 9.17) is 9.47 Å². The van der Waals surface area contributed by atoms with Crippen molar-refractivity contribution in [3.05, 3.63) is 35.4 Å². The lowest BCUT2D eigenvalue weighted by molar-refractivity contribution is -0.177. The summed E-state index contributed by atoms with van der Waals surface area (Å²) in [5, 5.41) is 3.17. The van der Waals surface area contributed by atoms with E-state index in [2.05, 4.69) is 5.32 Å². The third-order valence-corrected chi connectivity index (χ3v) is 6.65. The van der Waals surface area contributed by atoms with Crippen molar-refractivity contribution in [2.75, 3.05) is 7.11 Å². The maximum Gasteiger partial charge on any atom is 0.337 e. The minimum Gasteiger partial charge on any atom is -0.465 e. The maximum absolute atomic E-state index is 13.1. The maximum atomic E-state index is 13.1. The van der Waals surface area contributed by atoms with Gasteiger partial charge in [-0.2, -0.15) is 0 Å². The van der Waals surface area contributed by atoms with Gasteiger partial charge in [0.25, 0.3) is 0 Å². The predicted molar refractivity (Wildman–Crippen MR) is 101 cm³/mol. The van der Waals surface area contributed by atoms with Gasteiger partial charge in [-0.3, -0.25) is 9.59 Å². The van der Waals surface area contributed by atoms with Gasteiger partial charge in [0.1, 0.15) is 6.61 Å². The van der Waals surface area contributed by atoms with Crippen molar-refractivity contribution in [3.63, 3.8) is 0 Å². The van der Waals surface area contributed by atoms with Gasteiger partial charge in [0.15, 0.2) is 0 Å². The number of carbonyl (C=O) groups is 3. The van der Waals surface area contributed by atoms with Crippen LogP contribution in [-0.2, 0) is 25.7 Å². The Kier molecular flexibility index (Phi) is 4.68. The Morgan fingerprint density at radius 1 is 1.14 bits per heavy atom. The van der Waals surface area contributed by atoms with Crippen molar-refractivity contribution in [2.24, 2.45) is 17.3 Å². The molecule has 4 bridgehead atoms. The zero-order chi connectivity index (χ0) is 19.9. The molecule has 0 heterocycles. The van der Waals surface area contributed by atoms with E-state index < -0.39 is 11.4 Å². The number of amides is 1. The van der Waals surface area contributed by atoms with E-state index >= 15 is 0 Å². The van der Waals surface area contributed by atoms with Gasteiger partial charge in [0, 0.05) is 12.5 Å². The Morgan fingerprint density at radius 3 is 2.50 bits per heavy atom. The number of methoxy groups -OCH3 is 1. The standard InChI is InChI=1S/C22H27NO5/c1-14(24)23-22-10-16-6-17(11-22)9-21(8-16,13-22)20(26)28-12-15-4-3-5-18(7-15)19(25)27-2/h3-5,7,16-17H,6,8-13H2,1-2H3,(H,23,24). The first-order valence-corrected chi connectivity index (χ1v) is 9.96. The molecule has 4 aliphatic carbocycles. The third kappa shape index (κ3) is 3.40. The minimum atomic E-state index is -0.494. The molecule has 0 aliphatic heterocycles. The van der Waals surface area contributed by atoms with Gasteiger partial charge < -0.3 is 14.8 Å². The number of hydrogen-bond acceptors (Lipinski definition) is 5. The summed E-state index contributed by atoms with van der Waals surface area (Å²) in [6.45, 7) is 1.69. The molecular weight excluding hydrogens is 358 g/mol. The molecule has 28 heavy (non-hydrogen) atoms. The Hall–Kier alpha value is -2.37. The molecule has 0 radical (unpaired) electrons. The molecule has 0 saturated heterocycles. The van der Waals surface area contributed by atoms with Crippen LogP contribution in [0.25, 0.3) is 0 Å². The van der Waals surface area contributed by atoms with Gasteiger partial charge in [0.05, 0.1) is 18.1 Å². The van der Waals surface area contributed by atoms with Crippen LogP contribution in [0.4, 0.5) is 0 Å². The zero-order valence-electron chi connectivity index (χ0n) is 16.5. The van der Waals surface area contributed by atoms with Gasteiger partial charge in [0.2, 0.25) is 5.91 Å². The van der Waals surface area contributed by atoms with Gasteiger partial charge >= 0.3 is 11.9 Å². The van der Waals surface area contributed by atoms with Crippen LogP contribution in [-0.4, -0.2) is 30.5 Å². The summed E-state index contributed by atoms with van der Waals surface area (Å²) in [5.74, 6) is 0.350. The average molecular weight is 385 g/mol. The summed E-state index contributed by atoms with van der Waals surface area (Å²) >= 11 is 0. The lowest BCUT2D eigenvalue weighted by Crippen LogP contribution is -2.64. The van der Waals surface area contributed by atoms with E-state index in [9.17, 15) is 14.4 Å². The van der Waals surface area contributed by atoms with E-state index in [0.29, 0.717) is 23.8 Å². The van der Waals surface area contributed by atoms with Crippen molar-refractivity contribution in [1.29, 1.82) is 0 Å². The molecule has 1 amide bonds. The van der Waals surface area contributed by atoms with Crippen molar-refractivity contribution >= 4 is 17.8 Å². The zero-order valence-corrected chi connectivity index (χ0v) is 16.5. The number of benzene rings is 1. The molecule has 1 N–H and O–H groups in total. The number of rotatable bonds is 5. The first-order chi connectivity index (χ1) is 13.3. The van der Waals surface area contributed by atoms with Crippen LogP contribution in [0.1, 0.15) is 61.4 Å². The molecule has 2 atom stereocenters. The van der Waals surface area contributed by atoms with E-state index in [-0.39, 0.29) is 24.0 Å². The minimum absolute atomic E-state index is 0.0231. The lowest BCUT2D eigenvalue weighted by Gasteiger charge is -2.60. The van der Waals surface area contributed by atoms with Crippen molar-refractivity contribution in [2.45, 2.75) is 57.6 Å². The molecule has 0 aromatic heterocycles. The van der Waals surface area contributed by atoms with Crippen LogP contribution in [0.3, 0.4) is 0 Å². The number of ether oxygens (including phenoxy) is 2. The van der Waals surface area contributed by atoms with Crippen LogP contribution in [0.15, 0.2) is 24.3 Å². The van der Waals surface area contributed by atoms with Crippen LogP contribution >= 0.6 is 0 Å². The highest BCUT2D eigenvalue weighted by Crippen LogP contribution is 2.62. The summed E-state index contributed by atoms with van der Waals surface area (Å²) < 4.78 is 10.5. The molecule has 5 rings (SSSR count). The highest BCUT2D eigenvalue weighted by Gasteiger charge is 2.61. The van der Waals surface area contributed by atoms with E-state index in [0.717, 1.165) is 37.7 Å². The third-order valence-electron chi connectivity index (χ3n) is 6.65. The van der Waals surface area contributed by atoms with Crippen molar-refractivity contribution in [3.8, 4) is 0 Å². The smallest absolute Gasteiger partial charge is 0.337 e. The molecule has 1 aromatic rings.